The molecule has 0 saturated carbocycles. The molecule has 0 bridgehead atoms. The molecule has 0 unspecified atom stereocenters. The van der Waals surface area contributed by atoms with Crippen LogP contribution in [0.2, 0.25) is 0 Å². The normalized spacial score (nSPS) is 14.0. The average molecular weight is 1200 g/mol. The molecule has 0 nitrogen and oxygen atoms in total. The van der Waals surface area contributed by atoms with Crippen molar-refractivity contribution in [2.45, 2.75) is 0 Å². The van der Waals surface area contributed by atoms with Crippen LogP contribution in [-0.2, 0) is 0 Å². The van der Waals surface area contributed by atoms with Crippen LogP contribution in [0.1, 0.15) is 0 Å². The van der Waals surface area contributed by atoms with Crippen molar-refractivity contribution in [1.82, 2.24) is 0 Å². The molecule has 4 aliphatic rings. The van der Waals surface area contributed by atoms with E-state index in [1.165, 1.54) is 129 Å². The van der Waals surface area contributed by atoms with Crippen molar-refractivity contribution in [2.24, 2.45) is 0 Å². The van der Waals surface area contributed by atoms with Crippen LogP contribution < -0.4 is 62.2 Å². The van der Waals surface area contributed by atoms with E-state index in [0.29, 0.717) is 0 Å². The Morgan fingerprint density at radius 1 is 0.143 bits per heavy atom. The Labute approximate surface area is 534 Å². The molecule has 0 radical (unpaired) electrons. The molecule has 4 aliphatic heterocycles. The zero-order chi connectivity index (χ0) is 60.1. The van der Waals surface area contributed by atoms with Gasteiger partial charge in [0.05, 0.1) is 0 Å². The fourth-order valence-electron chi connectivity index (χ4n) is 17.2. The van der Waals surface area contributed by atoms with Crippen molar-refractivity contribution in [3.05, 3.63) is 364 Å². The lowest BCUT2D eigenvalue weighted by Gasteiger charge is -2.32. The maximum Gasteiger partial charge on any atom is 0.182 e. The Balaban J connectivity index is 0.000000101. The van der Waals surface area contributed by atoms with Crippen LogP contribution >= 0.6 is 0 Å². The van der Waals surface area contributed by atoms with Crippen LogP contribution in [0.3, 0.4) is 0 Å². The van der Waals surface area contributed by atoms with E-state index in [2.05, 4.69) is 364 Å². The van der Waals surface area contributed by atoms with Crippen LogP contribution in [-0.4, -0.2) is 24.2 Å². The predicted molar refractivity (Wildman–Crippen MR) is 396 cm³/mol. The first kappa shape index (κ1) is 53.3. The molecule has 0 atom stereocenters. The Hall–Kier alpha value is -10.8. The zero-order valence-electron chi connectivity index (χ0n) is 50.1. The van der Waals surface area contributed by atoms with Gasteiger partial charge in [-0.1, -0.05) is 364 Å². The predicted octanol–water partition coefficient (Wildman–Crippen LogP) is 13.7. The average Bonchev–Trinajstić information content (AvgIpc) is 1.53. The molecule has 91 heavy (non-hydrogen) atoms. The minimum absolute atomic E-state index is 1.31. The number of hydrogen-bond donors (Lipinski definition) is 0. The Bertz CT molecular complexity index is 5290. The molecule has 0 N–H and O–H groups in total. The molecule has 20 rings (SSSR count). The third-order valence-electron chi connectivity index (χ3n) is 20.6. The molecule has 16 aromatic rings. The molecule has 0 aliphatic carbocycles. The third-order valence-corrected chi connectivity index (χ3v) is 35.3. The summed E-state index contributed by atoms with van der Waals surface area (Å²) in [4.78, 5) is 0. The first-order chi connectivity index (χ1) is 45.2. The second kappa shape index (κ2) is 21.2. The lowest BCUT2D eigenvalue weighted by Crippen LogP contribution is -2.73. The minimum Gasteiger partial charge on any atom is -0.0623 e. The van der Waals surface area contributed by atoms with E-state index in [4.69, 9.17) is 0 Å². The van der Waals surface area contributed by atoms with Crippen LogP contribution in [0.15, 0.2) is 364 Å². The maximum absolute atomic E-state index is 2.51. The highest BCUT2D eigenvalue weighted by atomic mass is 28.3. The van der Waals surface area contributed by atoms with Gasteiger partial charge in [0.2, 0.25) is 0 Å². The van der Waals surface area contributed by atoms with Crippen molar-refractivity contribution in [2.75, 3.05) is 0 Å². The van der Waals surface area contributed by atoms with E-state index in [-0.39, 0.29) is 0 Å². The van der Waals surface area contributed by atoms with Gasteiger partial charge in [-0.15, -0.1) is 0 Å². The highest BCUT2D eigenvalue weighted by molar-refractivity contribution is 7.25. The molecular weight excluding hydrogens is 1140 g/mol. The fraction of sp³-hybridized carbons (Fsp3) is 0. The van der Waals surface area contributed by atoms with Gasteiger partial charge < -0.3 is 0 Å². The number of fused-ring (bicyclic) bond motifs is 25. The largest absolute Gasteiger partial charge is 0.182 e. The van der Waals surface area contributed by atoms with Gasteiger partial charge in [-0.2, -0.15) is 0 Å². The molecule has 0 amide bonds. The van der Waals surface area contributed by atoms with Crippen molar-refractivity contribution in [3.8, 4) is 44.5 Å². The molecule has 0 aromatic heterocycles. The second-order valence-corrected chi connectivity index (χ2v) is 35.8. The van der Waals surface area contributed by atoms with E-state index in [1.54, 1.807) is 20.7 Å². The van der Waals surface area contributed by atoms with Crippen molar-refractivity contribution >= 4 is 130 Å². The second-order valence-electron chi connectivity index (χ2n) is 24.7. The topological polar surface area (TPSA) is 0 Å². The summed E-state index contributed by atoms with van der Waals surface area (Å²) in [6.45, 7) is 0. The molecular formula is C88H60Si3. The molecule has 3 heteroatoms. The highest BCUT2D eigenvalue weighted by Gasteiger charge is 2.55. The van der Waals surface area contributed by atoms with E-state index in [9.17, 15) is 0 Å². The van der Waals surface area contributed by atoms with Crippen molar-refractivity contribution < 1.29 is 0 Å². The van der Waals surface area contributed by atoms with Gasteiger partial charge in [0.1, 0.15) is 0 Å². The lowest BCUT2D eigenvalue weighted by molar-refractivity contribution is 1.70. The fourth-order valence-corrected chi connectivity index (χ4v) is 33.4. The summed E-state index contributed by atoms with van der Waals surface area (Å²) in [5.41, 5.74) is 11.4. The first-order valence-corrected chi connectivity index (χ1v) is 37.9. The van der Waals surface area contributed by atoms with E-state index in [1.807, 2.05) is 0 Å². The SMILES string of the molecule is c1ccc([Si]2(c3ccccc3)c3ccccc3-c3c2c2ccccc2c2ccccc32)cc1.c1ccc([Si]2(c3ccccc3)c3ccccc3-c3c2ccc2ccccc32)cc1.c1ccc2c(c1)-c1ccccc1[Si]21c2ccccc2-c2c1ccc1ccccc21. The zero-order valence-corrected chi connectivity index (χ0v) is 53.1. The number of hydrogen-bond acceptors (Lipinski definition) is 0. The Morgan fingerprint density at radius 3 is 0.857 bits per heavy atom. The van der Waals surface area contributed by atoms with E-state index in [0.717, 1.165) is 0 Å². The first-order valence-electron chi connectivity index (χ1n) is 31.9. The molecule has 0 fully saturated rings. The van der Waals surface area contributed by atoms with Crippen LogP contribution in [0.4, 0.5) is 0 Å². The van der Waals surface area contributed by atoms with Gasteiger partial charge in [-0.05, 0) is 150 Å². The Kier molecular flexibility index (Phi) is 12.4. The van der Waals surface area contributed by atoms with Gasteiger partial charge in [0.15, 0.2) is 24.2 Å². The third kappa shape index (κ3) is 7.54. The summed E-state index contributed by atoms with van der Waals surface area (Å²) in [6.07, 6.45) is 0. The van der Waals surface area contributed by atoms with Gasteiger partial charge in [0.25, 0.3) is 0 Å². The molecule has 424 valence electrons. The monoisotopic (exact) mass is 1200 g/mol. The van der Waals surface area contributed by atoms with Crippen LogP contribution in [0.25, 0.3) is 87.6 Å². The van der Waals surface area contributed by atoms with E-state index >= 15 is 0 Å². The molecule has 4 heterocycles. The summed E-state index contributed by atoms with van der Waals surface area (Å²) >= 11 is 0. The smallest absolute Gasteiger partial charge is 0.0623 e. The van der Waals surface area contributed by atoms with Gasteiger partial charge in [-0.3, -0.25) is 0 Å². The number of benzene rings is 16. The van der Waals surface area contributed by atoms with Crippen molar-refractivity contribution in [1.29, 1.82) is 0 Å². The highest BCUT2D eigenvalue weighted by Crippen LogP contribution is 2.42. The quantitative estimate of drug-likeness (QED) is 0.122. The van der Waals surface area contributed by atoms with Crippen molar-refractivity contribution in [3.63, 3.8) is 0 Å². The maximum atomic E-state index is 2.43. The van der Waals surface area contributed by atoms with Crippen LogP contribution in [0.5, 0.6) is 0 Å². The van der Waals surface area contributed by atoms with Gasteiger partial charge in [-0.25, -0.2) is 0 Å². The summed E-state index contributed by atoms with van der Waals surface area (Å²) < 4.78 is 0. The molecule has 16 aromatic carbocycles. The molecule has 0 saturated heterocycles. The molecule has 1 spiro atoms. The summed E-state index contributed by atoms with van der Waals surface area (Å²) in [6, 6.07) is 136. The van der Waals surface area contributed by atoms with E-state index < -0.39 is 24.2 Å². The van der Waals surface area contributed by atoms with Gasteiger partial charge >= 0.3 is 0 Å². The summed E-state index contributed by atoms with van der Waals surface area (Å²) in [5.74, 6) is 0. The minimum atomic E-state index is -2.51. The standard InChI is InChI=1S/C32H22Si.C28H18Si.C28H20Si/c1-3-13-23(14-4-1)33(24-15-5-2-6-16-24)30-22-12-11-21-29(30)31-27-19-9-7-17-25(27)26-18-8-10-20-28(26)32(31)33;1-2-10-20-19(9-1)17-18-27-28(20)23-13-5-8-16-26(23)29(27)24-14-6-3-11-21(24)22-12-4-7-15-25(22)29;1-3-12-22(13-4-1)29(23-14-5-2-6-15-23)26-18-10-9-17-25(26)28-24-16-8-7-11-21(24)19-20-27(28)29/h1-22H;1-18H;1-20H. The Morgan fingerprint density at radius 2 is 0.418 bits per heavy atom. The number of rotatable bonds is 4. The summed E-state index contributed by atoms with van der Waals surface area (Å²) in [5, 5.41) is 28.8. The van der Waals surface area contributed by atoms with Gasteiger partial charge in [0, 0.05) is 0 Å². The van der Waals surface area contributed by atoms with Crippen LogP contribution in [0, 0.1) is 0 Å². The lowest BCUT2D eigenvalue weighted by atomic mass is 9.93. The summed E-state index contributed by atoms with van der Waals surface area (Å²) in [7, 11) is -7.12.